The molecule has 92 valence electrons. The van der Waals surface area contributed by atoms with E-state index in [-0.39, 0.29) is 30.3 Å². The van der Waals surface area contributed by atoms with Crippen molar-refractivity contribution in [1.82, 2.24) is 9.88 Å². The Bertz CT molecular complexity index is 465. The third-order valence-corrected chi connectivity index (χ3v) is 2.17. The van der Waals surface area contributed by atoms with Gasteiger partial charge in [-0.3, -0.25) is 14.9 Å². The standard InChI is InChI=1S/C9H11N3O5/c1-10-8(13)2-3-11-5-6(12(16)17)4-7(11)9(14)15/h4-5H,2-3H2,1H3,(H,10,13)(H,14,15). The number of aryl methyl sites for hydroxylation is 1. The minimum absolute atomic E-state index is 0.0581. The normalized spacial score (nSPS) is 9.94. The quantitative estimate of drug-likeness (QED) is 0.565. The van der Waals surface area contributed by atoms with Gasteiger partial charge in [-0.25, -0.2) is 4.79 Å². The molecule has 8 heteroatoms. The predicted octanol–water partition coefficient (Wildman–Crippen LogP) is 0.231. The largest absolute Gasteiger partial charge is 0.477 e. The number of carboxylic acids is 1. The predicted molar refractivity (Wildman–Crippen MR) is 56.7 cm³/mol. The summed E-state index contributed by atoms with van der Waals surface area (Å²) >= 11 is 0. The Kier molecular flexibility index (Phi) is 3.81. The monoisotopic (exact) mass is 241 g/mol. The molecule has 0 bridgehead atoms. The first-order valence-electron chi connectivity index (χ1n) is 4.74. The van der Waals surface area contributed by atoms with Crippen LogP contribution in [0.1, 0.15) is 16.9 Å². The van der Waals surface area contributed by atoms with Crippen molar-refractivity contribution in [1.29, 1.82) is 0 Å². The molecule has 0 spiro atoms. The summed E-state index contributed by atoms with van der Waals surface area (Å²) in [6.07, 6.45) is 1.16. The number of carbonyl (C=O) groups excluding carboxylic acids is 1. The van der Waals surface area contributed by atoms with Crippen molar-refractivity contribution in [3.8, 4) is 0 Å². The molecule has 1 rings (SSSR count). The van der Waals surface area contributed by atoms with Crippen molar-refractivity contribution in [2.24, 2.45) is 0 Å². The molecular formula is C9H11N3O5. The zero-order chi connectivity index (χ0) is 13.0. The van der Waals surface area contributed by atoms with E-state index in [1.54, 1.807) is 0 Å². The highest BCUT2D eigenvalue weighted by Crippen LogP contribution is 2.16. The van der Waals surface area contributed by atoms with Gasteiger partial charge in [0.25, 0.3) is 5.69 Å². The van der Waals surface area contributed by atoms with Crippen LogP contribution in [0.3, 0.4) is 0 Å². The number of nitrogens with one attached hydrogen (secondary N) is 1. The SMILES string of the molecule is CNC(=O)CCn1cc([N+](=O)[O-])cc1C(=O)O. The van der Waals surface area contributed by atoms with E-state index in [0.29, 0.717) is 0 Å². The molecular weight excluding hydrogens is 230 g/mol. The fourth-order valence-corrected chi connectivity index (χ4v) is 1.31. The number of carboxylic acid groups (broad SMARTS) is 1. The molecule has 8 nitrogen and oxygen atoms in total. The van der Waals surface area contributed by atoms with Crippen molar-refractivity contribution in [2.75, 3.05) is 7.05 Å². The van der Waals surface area contributed by atoms with E-state index in [4.69, 9.17) is 5.11 Å². The van der Waals surface area contributed by atoms with E-state index in [9.17, 15) is 19.7 Å². The highest BCUT2D eigenvalue weighted by atomic mass is 16.6. The number of rotatable bonds is 5. The Hall–Kier alpha value is -2.38. The summed E-state index contributed by atoms with van der Waals surface area (Å²) in [7, 11) is 1.46. The number of carbonyl (C=O) groups is 2. The van der Waals surface area contributed by atoms with Crippen molar-refractivity contribution < 1.29 is 19.6 Å². The van der Waals surface area contributed by atoms with E-state index in [1.807, 2.05) is 0 Å². The lowest BCUT2D eigenvalue weighted by molar-refractivity contribution is -0.384. The zero-order valence-corrected chi connectivity index (χ0v) is 9.04. The van der Waals surface area contributed by atoms with E-state index in [0.717, 1.165) is 12.3 Å². The number of nitrogens with zero attached hydrogens (tertiary/aromatic N) is 2. The highest BCUT2D eigenvalue weighted by Gasteiger charge is 2.18. The molecule has 1 aromatic heterocycles. The van der Waals surface area contributed by atoms with Gasteiger partial charge in [-0.15, -0.1) is 0 Å². The van der Waals surface area contributed by atoms with E-state index in [2.05, 4.69) is 5.32 Å². The van der Waals surface area contributed by atoms with Gasteiger partial charge in [-0.2, -0.15) is 0 Å². The fourth-order valence-electron chi connectivity index (χ4n) is 1.31. The molecule has 17 heavy (non-hydrogen) atoms. The number of amides is 1. The van der Waals surface area contributed by atoms with Crippen LogP contribution < -0.4 is 5.32 Å². The van der Waals surface area contributed by atoms with Crippen LogP contribution in [0.2, 0.25) is 0 Å². The van der Waals surface area contributed by atoms with Gasteiger partial charge in [0, 0.05) is 26.1 Å². The van der Waals surface area contributed by atoms with Crippen LogP contribution in [0.4, 0.5) is 5.69 Å². The van der Waals surface area contributed by atoms with Crippen LogP contribution in [0, 0.1) is 10.1 Å². The van der Waals surface area contributed by atoms with Gasteiger partial charge >= 0.3 is 5.97 Å². The van der Waals surface area contributed by atoms with Crippen LogP contribution in [-0.2, 0) is 11.3 Å². The van der Waals surface area contributed by atoms with Gasteiger partial charge in [0.15, 0.2) is 0 Å². The van der Waals surface area contributed by atoms with Gasteiger partial charge < -0.3 is 15.0 Å². The average Bonchev–Trinajstić information content (AvgIpc) is 2.70. The third kappa shape index (κ3) is 3.03. The van der Waals surface area contributed by atoms with Gasteiger partial charge in [-0.1, -0.05) is 0 Å². The van der Waals surface area contributed by atoms with Crippen LogP contribution in [-0.4, -0.2) is 33.5 Å². The molecule has 0 atom stereocenters. The van der Waals surface area contributed by atoms with Crippen LogP contribution >= 0.6 is 0 Å². The summed E-state index contributed by atoms with van der Waals surface area (Å²) in [5.41, 5.74) is -0.514. The van der Waals surface area contributed by atoms with Gasteiger partial charge in [0.1, 0.15) is 5.69 Å². The smallest absolute Gasteiger partial charge is 0.352 e. The number of hydrogen-bond donors (Lipinski definition) is 2. The zero-order valence-electron chi connectivity index (χ0n) is 9.04. The van der Waals surface area contributed by atoms with E-state index in [1.165, 1.54) is 11.6 Å². The maximum Gasteiger partial charge on any atom is 0.352 e. The van der Waals surface area contributed by atoms with Crippen molar-refractivity contribution in [3.05, 3.63) is 28.1 Å². The molecule has 0 aromatic carbocycles. The summed E-state index contributed by atoms with van der Waals surface area (Å²) in [5, 5.41) is 21.7. The molecule has 0 aliphatic carbocycles. The molecule has 1 aromatic rings. The Morgan fingerprint density at radius 2 is 2.24 bits per heavy atom. The lowest BCUT2D eigenvalue weighted by Gasteiger charge is -2.04. The molecule has 0 aliphatic heterocycles. The Morgan fingerprint density at radius 3 is 2.71 bits per heavy atom. The maximum absolute atomic E-state index is 11.0. The minimum atomic E-state index is -1.27. The van der Waals surface area contributed by atoms with Crippen LogP contribution in [0.15, 0.2) is 12.3 Å². The van der Waals surface area contributed by atoms with Crippen LogP contribution in [0.5, 0.6) is 0 Å². The van der Waals surface area contributed by atoms with Gasteiger partial charge in [0.2, 0.25) is 5.91 Å². The third-order valence-electron chi connectivity index (χ3n) is 2.17. The summed E-state index contributed by atoms with van der Waals surface area (Å²) in [4.78, 5) is 31.7. The molecule has 1 amide bonds. The first kappa shape index (κ1) is 12.7. The molecule has 2 N–H and O–H groups in total. The lowest BCUT2D eigenvalue weighted by Crippen LogP contribution is -2.20. The molecule has 0 saturated carbocycles. The van der Waals surface area contributed by atoms with Crippen molar-refractivity contribution in [3.63, 3.8) is 0 Å². The topological polar surface area (TPSA) is 114 Å². The first-order chi connectivity index (χ1) is 7.95. The Balaban J connectivity index is 2.92. The molecule has 0 aliphatic rings. The van der Waals surface area contributed by atoms with Crippen LogP contribution in [0.25, 0.3) is 0 Å². The minimum Gasteiger partial charge on any atom is -0.477 e. The number of nitro groups is 1. The molecule has 0 fully saturated rings. The number of hydrogen-bond acceptors (Lipinski definition) is 4. The second-order valence-corrected chi connectivity index (χ2v) is 3.26. The van der Waals surface area contributed by atoms with Crippen molar-refractivity contribution >= 4 is 17.6 Å². The Morgan fingerprint density at radius 1 is 1.59 bits per heavy atom. The molecule has 0 saturated heterocycles. The second-order valence-electron chi connectivity index (χ2n) is 3.26. The van der Waals surface area contributed by atoms with Crippen molar-refractivity contribution in [2.45, 2.75) is 13.0 Å². The Labute approximate surface area is 96.0 Å². The van der Waals surface area contributed by atoms with E-state index < -0.39 is 10.9 Å². The molecule has 1 heterocycles. The first-order valence-corrected chi connectivity index (χ1v) is 4.74. The van der Waals surface area contributed by atoms with E-state index >= 15 is 0 Å². The summed E-state index contributed by atoms with van der Waals surface area (Å²) in [6.45, 7) is 0.0785. The van der Waals surface area contributed by atoms with Gasteiger partial charge in [-0.05, 0) is 0 Å². The highest BCUT2D eigenvalue weighted by molar-refractivity contribution is 5.87. The summed E-state index contributed by atoms with van der Waals surface area (Å²) in [5.74, 6) is -1.53. The van der Waals surface area contributed by atoms with Gasteiger partial charge in [0.05, 0.1) is 11.1 Å². The molecule has 0 unspecified atom stereocenters. The summed E-state index contributed by atoms with van der Waals surface area (Å²) in [6, 6.07) is 0.964. The average molecular weight is 241 g/mol. The summed E-state index contributed by atoms with van der Waals surface area (Å²) < 4.78 is 1.18. The lowest BCUT2D eigenvalue weighted by atomic mass is 10.3. The maximum atomic E-state index is 11.0. The second kappa shape index (κ2) is 5.10. The number of aromatic carboxylic acids is 1. The molecule has 0 radical (unpaired) electrons. The number of aromatic nitrogens is 1. The fraction of sp³-hybridized carbons (Fsp3) is 0.333.